The number of hydrogen-bond donors (Lipinski definition) is 2. The van der Waals surface area contributed by atoms with Crippen LogP contribution < -0.4 is 5.32 Å². The van der Waals surface area contributed by atoms with E-state index in [0.717, 1.165) is 12.8 Å². The van der Waals surface area contributed by atoms with Crippen molar-refractivity contribution in [3.63, 3.8) is 0 Å². The number of furan rings is 1. The predicted octanol–water partition coefficient (Wildman–Crippen LogP) is 1.95. The van der Waals surface area contributed by atoms with Gasteiger partial charge >= 0.3 is 0 Å². The topological polar surface area (TPSA) is 92.8 Å². The molecule has 0 amide bonds. The van der Waals surface area contributed by atoms with Gasteiger partial charge in [0.2, 0.25) is 5.78 Å². The molecule has 1 saturated carbocycles. The molecule has 24 heavy (non-hydrogen) atoms. The van der Waals surface area contributed by atoms with E-state index in [1.54, 1.807) is 48.1 Å². The number of hydrogen-bond acceptors (Lipinski definition) is 6. The van der Waals surface area contributed by atoms with E-state index in [2.05, 4.69) is 9.97 Å². The van der Waals surface area contributed by atoms with E-state index < -0.39 is 6.23 Å². The molecule has 0 aliphatic heterocycles. The van der Waals surface area contributed by atoms with E-state index >= 15 is 0 Å². The summed E-state index contributed by atoms with van der Waals surface area (Å²) < 4.78 is 5.42. The number of aliphatic hydroxyl groups is 1. The first-order chi connectivity index (χ1) is 11.7. The molecule has 1 atom stereocenters. The van der Waals surface area contributed by atoms with Crippen LogP contribution in [0.1, 0.15) is 28.2 Å². The summed E-state index contributed by atoms with van der Waals surface area (Å²) in [7, 11) is 0. The molecule has 1 aliphatic rings. The molecule has 4 rings (SSSR count). The molecule has 0 spiro atoms. The Labute approximate surface area is 142 Å². The Morgan fingerprint density at radius 1 is 1.33 bits per heavy atom. The standard InChI is InChI=1S/C17H15N3O3S/c21-14(11-4-1-2-8-18-11)15-13(12-5-3-9-23-12)19-17(24-15)20-16(22)10-6-7-10/h1-5,8-10,16,22H,6-7H2,(H,19,20)/p+1. The van der Waals surface area contributed by atoms with Gasteiger partial charge in [0.1, 0.15) is 16.3 Å². The number of aliphatic hydroxyl groups excluding tert-OH is 1. The molecular weight excluding hydrogens is 326 g/mol. The van der Waals surface area contributed by atoms with Crippen molar-refractivity contribution in [3.8, 4) is 11.5 Å². The molecule has 0 saturated heterocycles. The van der Waals surface area contributed by atoms with E-state index in [0.29, 0.717) is 33.1 Å². The number of ketones is 1. The number of carbonyl (C=O) groups is 1. The second kappa shape index (κ2) is 6.27. The lowest BCUT2D eigenvalue weighted by molar-refractivity contribution is -0.656. The van der Waals surface area contributed by atoms with Crippen LogP contribution in [0.5, 0.6) is 0 Å². The van der Waals surface area contributed by atoms with Gasteiger partial charge in [-0.1, -0.05) is 17.4 Å². The fourth-order valence-corrected chi connectivity index (χ4v) is 3.47. The number of rotatable bonds is 6. The highest BCUT2D eigenvalue weighted by Crippen LogP contribution is 2.33. The Hall–Kier alpha value is -2.35. The van der Waals surface area contributed by atoms with Crippen molar-refractivity contribution in [3.05, 3.63) is 53.4 Å². The third-order valence-electron chi connectivity index (χ3n) is 3.92. The first kappa shape index (κ1) is 15.2. The Balaban J connectivity index is 1.70. The van der Waals surface area contributed by atoms with Crippen LogP contribution >= 0.6 is 11.3 Å². The Kier molecular flexibility index (Phi) is 3.97. The van der Waals surface area contributed by atoms with Crippen LogP contribution in [0.3, 0.4) is 0 Å². The lowest BCUT2D eigenvalue weighted by atomic mass is 10.1. The molecule has 3 aromatic rings. The number of pyridine rings is 1. The van der Waals surface area contributed by atoms with Crippen LogP contribution in [0.4, 0.5) is 5.13 Å². The van der Waals surface area contributed by atoms with Gasteiger partial charge in [0, 0.05) is 12.1 Å². The van der Waals surface area contributed by atoms with Crippen LogP contribution in [0.25, 0.3) is 11.5 Å². The summed E-state index contributed by atoms with van der Waals surface area (Å²) in [6, 6.07) is 8.74. The third kappa shape index (κ3) is 3.01. The monoisotopic (exact) mass is 342 g/mol. The second-order valence-electron chi connectivity index (χ2n) is 5.75. The van der Waals surface area contributed by atoms with Gasteiger partial charge in [0.15, 0.2) is 12.0 Å². The number of nitrogens with zero attached hydrogens (tertiary/aromatic N) is 2. The number of carbonyl (C=O) groups excluding carboxylic acids is 1. The van der Waals surface area contributed by atoms with E-state index in [1.807, 2.05) is 0 Å². The minimum absolute atomic E-state index is 0.194. The van der Waals surface area contributed by atoms with Gasteiger partial charge in [-0.15, -0.1) is 0 Å². The van der Waals surface area contributed by atoms with Crippen molar-refractivity contribution in [2.75, 3.05) is 0 Å². The van der Waals surface area contributed by atoms with Gasteiger partial charge in [-0.05, 0) is 37.1 Å². The molecule has 7 heteroatoms. The highest BCUT2D eigenvalue weighted by Gasteiger charge is 2.34. The lowest BCUT2D eigenvalue weighted by Crippen LogP contribution is -2.85. The van der Waals surface area contributed by atoms with Crippen molar-refractivity contribution in [2.24, 2.45) is 5.92 Å². The van der Waals surface area contributed by atoms with Gasteiger partial charge in [-0.3, -0.25) is 15.1 Å². The molecule has 0 bridgehead atoms. The van der Waals surface area contributed by atoms with Gasteiger partial charge in [-0.2, -0.15) is 4.98 Å². The van der Waals surface area contributed by atoms with E-state index in [-0.39, 0.29) is 5.78 Å². The van der Waals surface area contributed by atoms with Crippen molar-refractivity contribution >= 4 is 22.3 Å². The summed E-state index contributed by atoms with van der Waals surface area (Å²) >= 11 is 1.26. The smallest absolute Gasteiger partial charge is 0.286 e. The average Bonchev–Trinajstić information content (AvgIpc) is 3.16. The molecule has 3 heterocycles. The molecule has 122 valence electrons. The highest BCUT2D eigenvalue weighted by atomic mass is 32.1. The first-order valence-corrected chi connectivity index (χ1v) is 8.57. The summed E-state index contributed by atoms with van der Waals surface area (Å²) in [5.41, 5.74) is 0.859. The summed E-state index contributed by atoms with van der Waals surface area (Å²) in [6.07, 6.45) is 4.69. The normalized spacial score (nSPS) is 15.4. The van der Waals surface area contributed by atoms with Crippen molar-refractivity contribution in [1.29, 1.82) is 0 Å². The SMILES string of the molecule is O=C(c1ccccn1)c1sc([NH2+]C(O)C2CC2)nc1-c1ccco1. The second-order valence-corrected chi connectivity index (χ2v) is 6.78. The van der Waals surface area contributed by atoms with Crippen molar-refractivity contribution in [1.82, 2.24) is 9.97 Å². The van der Waals surface area contributed by atoms with Gasteiger partial charge in [-0.25, -0.2) is 0 Å². The van der Waals surface area contributed by atoms with Gasteiger partial charge in [0.05, 0.1) is 6.26 Å². The zero-order valence-corrected chi connectivity index (χ0v) is 13.6. The quantitative estimate of drug-likeness (QED) is 0.528. The van der Waals surface area contributed by atoms with Crippen LogP contribution in [-0.4, -0.2) is 27.1 Å². The third-order valence-corrected chi connectivity index (χ3v) is 4.94. The molecular formula is C17H16N3O3S+. The Bertz CT molecular complexity index is 841. The fourth-order valence-electron chi connectivity index (χ4n) is 2.48. The van der Waals surface area contributed by atoms with Crippen LogP contribution in [-0.2, 0) is 0 Å². The minimum Gasteiger partial charge on any atom is -0.463 e. The summed E-state index contributed by atoms with van der Waals surface area (Å²) in [4.78, 5) is 21.9. The van der Waals surface area contributed by atoms with Gasteiger partial charge < -0.3 is 9.52 Å². The molecule has 0 aromatic carbocycles. The maximum Gasteiger partial charge on any atom is 0.286 e. The largest absolute Gasteiger partial charge is 0.463 e. The summed E-state index contributed by atoms with van der Waals surface area (Å²) in [5, 5.41) is 12.5. The van der Waals surface area contributed by atoms with Gasteiger partial charge in [0.25, 0.3) is 5.13 Å². The summed E-state index contributed by atoms with van der Waals surface area (Å²) in [5.74, 6) is 0.655. The molecule has 6 nitrogen and oxygen atoms in total. The fraction of sp³-hybridized carbons (Fsp3) is 0.235. The number of nitrogens with two attached hydrogens (primary N) is 1. The highest BCUT2D eigenvalue weighted by molar-refractivity contribution is 7.17. The molecule has 3 aromatic heterocycles. The molecule has 3 N–H and O–H groups in total. The number of aromatic nitrogens is 2. The number of thiazole rings is 1. The zero-order chi connectivity index (χ0) is 16.5. The van der Waals surface area contributed by atoms with E-state index in [1.165, 1.54) is 11.3 Å². The first-order valence-electron chi connectivity index (χ1n) is 7.76. The van der Waals surface area contributed by atoms with Crippen LogP contribution in [0.2, 0.25) is 0 Å². The number of quaternary nitrogens is 1. The molecule has 0 radical (unpaired) electrons. The maximum absolute atomic E-state index is 12.8. The zero-order valence-electron chi connectivity index (χ0n) is 12.8. The molecule has 1 unspecified atom stereocenters. The van der Waals surface area contributed by atoms with E-state index in [4.69, 9.17) is 4.42 Å². The van der Waals surface area contributed by atoms with Crippen molar-refractivity contribution < 1.29 is 19.6 Å². The molecule has 1 fully saturated rings. The van der Waals surface area contributed by atoms with Crippen LogP contribution in [0, 0.1) is 5.92 Å². The maximum atomic E-state index is 12.8. The molecule has 1 aliphatic carbocycles. The Morgan fingerprint density at radius 3 is 2.88 bits per heavy atom. The average molecular weight is 342 g/mol. The minimum atomic E-state index is -0.515. The van der Waals surface area contributed by atoms with Crippen molar-refractivity contribution in [2.45, 2.75) is 19.1 Å². The van der Waals surface area contributed by atoms with Crippen LogP contribution in [0.15, 0.2) is 47.2 Å². The lowest BCUT2D eigenvalue weighted by Gasteiger charge is -2.03. The predicted molar refractivity (Wildman–Crippen MR) is 87.8 cm³/mol. The Morgan fingerprint density at radius 2 is 2.21 bits per heavy atom. The van der Waals surface area contributed by atoms with E-state index in [9.17, 15) is 9.90 Å². The summed E-state index contributed by atoms with van der Waals surface area (Å²) in [6.45, 7) is 0.